The molecule has 0 aliphatic heterocycles. The molecule has 0 radical (unpaired) electrons. The van der Waals surface area contributed by atoms with Crippen molar-refractivity contribution in [3.05, 3.63) is 42.6 Å². The Morgan fingerprint density at radius 1 is 1.20 bits per heavy atom. The molecule has 0 saturated carbocycles. The van der Waals surface area contributed by atoms with Crippen molar-refractivity contribution in [3.63, 3.8) is 0 Å². The van der Waals surface area contributed by atoms with Gasteiger partial charge in [0.05, 0.1) is 11.4 Å². The van der Waals surface area contributed by atoms with Crippen molar-refractivity contribution in [2.75, 3.05) is 12.0 Å². The molecule has 3 heteroatoms. The third-order valence-electron chi connectivity index (χ3n) is 2.18. The van der Waals surface area contributed by atoms with Gasteiger partial charge in [0.1, 0.15) is 0 Å². The molecule has 0 saturated heterocycles. The third kappa shape index (κ3) is 2.13. The summed E-state index contributed by atoms with van der Waals surface area (Å²) in [6, 6.07) is 11.9. The zero-order valence-electron chi connectivity index (χ0n) is 8.47. The molecule has 1 heterocycles. The van der Waals surface area contributed by atoms with Gasteiger partial charge in [-0.05, 0) is 30.5 Å². The lowest BCUT2D eigenvalue weighted by molar-refractivity contribution is 1.32. The van der Waals surface area contributed by atoms with Gasteiger partial charge in [0.25, 0.3) is 0 Å². The lowest BCUT2D eigenvalue weighted by atomic mass is 10.1. The number of nitrogens with two attached hydrogens (primary N) is 1. The van der Waals surface area contributed by atoms with Crippen LogP contribution in [-0.2, 0) is 0 Å². The second kappa shape index (κ2) is 4.36. The molecule has 1 aromatic carbocycles. The van der Waals surface area contributed by atoms with E-state index in [-0.39, 0.29) is 0 Å². The van der Waals surface area contributed by atoms with E-state index in [9.17, 15) is 0 Å². The van der Waals surface area contributed by atoms with Crippen molar-refractivity contribution in [1.29, 1.82) is 0 Å². The smallest absolute Gasteiger partial charge is 0.0931 e. The van der Waals surface area contributed by atoms with Crippen molar-refractivity contribution in [2.45, 2.75) is 4.90 Å². The van der Waals surface area contributed by atoms with Crippen LogP contribution in [0.4, 0.5) is 5.69 Å². The minimum atomic E-state index is 0.718. The SMILES string of the molecule is CSc1cccc(-c2ncccc2N)c1. The van der Waals surface area contributed by atoms with E-state index in [0.29, 0.717) is 0 Å². The maximum Gasteiger partial charge on any atom is 0.0931 e. The minimum absolute atomic E-state index is 0.718. The Morgan fingerprint density at radius 2 is 2.07 bits per heavy atom. The number of hydrogen-bond donors (Lipinski definition) is 1. The highest BCUT2D eigenvalue weighted by Crippen LogP contribution is 2.26. The molecule has 0 spiro atoms. The summed E-state index contributed by atoms with van der Waals surface area (Å²) in [5.41, 5.74) is 8.52. The van der Waals surface area contributed by atoms with Crippen LogP contribution in [0.25, 0.3) is 11.3 Å². The molecule has 0 bridgehead atoms. The summed E-state index contributed by atoms with van der Waals surface area (Å²) in [4.78, 5) is 5.51. The maximum absolute atomic E-state index is 5.87. The van der Waals surface area contributed by atoms with Crippen LogP contribution in [0.3, 0.4) is 0 Å². The maximum atomic E-state index is 5.87. The van der Waals surface area contributed by atoms with Crippen LogP contribution in [0.5, 0.6) is 0 Å². The van der Waals surface area contributed by atoms with Gasteiger partial charge in [-0.2, -0.15) is 0 Å². The Bertz CT molecular complexity index is 469. The fraction of sp³-hybridized carbons (Fsp3) is 0.0833. The summed E-state index contributed by atoms with van der Waals surface area (Å²) < 4.78 is 0. The fourth-order valence-corrected chi connectivity index (χ4v) is 1.89. The number of pyridine rings is 1. The highest BCUT2D eigenvalue weighted by molar-refractivity contribution is 7.98. The minimum Gasteiger partial charge on any atom is -0.397 e. The molecule has 0 amide bonds. The summed E-state index contributed by atoms with van der Waals surface area (Å²) >= 11 is 1.71. The molecule has 0 unspecified atom stereocenters. The first-order chi connectivity index (χ1) is 7.31. The summed E-state index contributed by atoms with van der Waals surface area (Å²) in [5, 5.41) is 0. The van der Waals surface area contributed by atoms with E-state index in [0.717, 1.165) is 16.9 Å². The molecule has 2 rings (SSSR count). The van der Waals surface area contributed by atoms with E-state index in [4.69, 9.17) is 5.73 Å². The van der Waals surface area contributed by atoms with Gasteiger partial charge >= 0.3 is 0 Å². The Hall–Kier alpha value is -1.48. The van der Waals surface area contributed by atoms with E-state index in [2.05, 4.69) is 23.4 Å². The molecule has 1 aromatic heterocycles. The van der Waals surface area contributed by atoms with Crippen molar-refractivity contribution >= 4 is 17.4 Å². The van der Waals surface area contributed by atoms with Crippen LogP contribution < -0.4 is 5.73 Å². The molecule has 0 aliphatic carbocycles. The number of nitrogens with zero attached hydrogens (tertiary/aromatic N) is 1. The number of benzene rings is 1. The van der Waals surface area contributed by atoms with Crippen LogP contribution in [0, 0.1) is 0 Å². The molecule has 15 heavy (non-hydrogen) atoms. The van der Waals surface area contributed by atoms with Gasteiger partial charge < -0.3 is 5.73 Å². The van der Waals surface area contributed by atoms with Crippen molar-refractivity contribution in [1.82, 2.24) is 4.98 Å². The third-order valence-corrected chi connectivity index (χ3v) is 2.91. The fourth-order valence-electron chi connectivity index (χ4n) is 1.43. The molecule has 76 valence electrons. The molecule has 2 nitrogen and oxygen atoms in total. The second-order valence-corrected chi connectivity index (χ2v) is 4.05. The quantitative estimate of drug-likeness (QED) is 0.784. The van der Waals surface area contributed by atoms with Gasteiger partial charge in [0.2, 0.25) is 0 Å². The highest BCUT2D eigenvalue weighted by atomic mass is 32.2. The predicted octanol–water partition coefficient (Wildman–Crippen LogP) is 3.05. The van der Waals surface area contributed by atoms with Crippen molar-refractivity contribution in [3.8, 4) is 11.3 Å². The molecular formula is C12H12N2S. The molecule has 0 fully saturated rings. The molecule has 2 N–H and O–H groups in total. The Kier molecular flexibility index (Phi) is 2.92. The summed E-state index contributed by atoms with van der Waals surface area (Å²) in [5.74, 6) is 0. The molecule has 0 aliphatic rings. The largest absolute Gasteiger partial charge is 0.397 e. The van der Waals surface area contributed by atoms with Crippen LogP contribution in [0.2, 0.25) is 0 Å². The number of anilines is 1. The number of nitrogen functional groups attached to an aromatic ring is 1. The van der Waals surface area contributed by atoms with Gasteiger partial charge in [-0.25, -0.2) is 0 Å². The Balaban J connectivity index is 2.49. The lowest BCUT2D eigenvalue weighted by Gasteiger charge is -2.05. The van der Waals surface area contributed by atoms with Crippen molar-refractivity contribution in [2.24, 2.45) is 0 Å². The van der Waals surface area contributed by atoms with E-state index >= 15 is 0 Å². The first-order valence-electron chi connectivity index (χ1n) is 4.66. The number of thioether (sulfide) groups is 1. The topological polar surface area (TPSA) is 38.9 Å². The summed E-state index contributed by atoms with van der Waals surface area (Å²) in [6.07, 6.45) is 3.82. The zero-order valence-corrected chi connectivity index (χ0v) is 9.29. The van der Waals surface area contributed by atoms with Gasteiger partial charge in [-0.1, -0.05) is 12.1 Å². The van der Waals surface area contributed by atoms with Gasteiger partial charge in [0.15, 0.2) is 0 Å². The summed E-state index contributed by atoms with van der Waals surface area (Å²) in [7, 11) is 0. The van der Waals surface area contributed by atoms with E-state index in [1.165, 1.54) is 4.90 Å². The van der Waals surface area contributed by atoms with Crippen LogP contribution in [0.15, 0.2) is 47.5 Å². The average molecular weight is 216 g/mol. The Labute approximate surface area is 93.5 Å². The Morgan fingerprint density at radius 3 is 2.80 bits per heavy atom. The second-order valence-electron chi connectivity index (χ2n) is 3.17. The van der Waals surface area contributed by atoms with Crippen LogP contribution in [-0.4, -0.2) is 11.2 Å². The van der Waals surface area contributed by atoms with Gasteiger partial charge in [-0.15, -0.1) is 11.8 Å². The van der Waals surface area contributed by atoms with E-state index < -0.39 is 0 Å². The van der Waals surface area contributed by atoms with Crippen molar-refractivity contribution < 1.29 is 0 Å². The normalized spacial score (nSPS) is 10.2. The monoisotopic (exact) mass is 216 g/mol. The van der Waals surface area contributed by atoms with E-state index in [1.54, 1.807) is 18.0 Å². The molecule has 0 atom stereocenters. The highest BCUT2D eigenvalue weighted by Gasteiger charge is 2.03. The lowest BCUT2D eigenvalue weighted by Crippen LogP contribution is -1.92. The average Bonchev–Trinajstić information content (AvgIpc) is 2.30. The van der Waals surface area contributed by atoms with Crippen LogP contribution >= 0.6 is 11.8 Å². The number of rotatable bonds is 2. The summed E-state index contributed by atoms with van der Waals surface area (Å²) in [6.45, 7) is 0. The molecular weight excluding hydrogens is 204 g/mol. The van der Waals surface area contributed by atoms with Gasteiger partial charge in [-0.3, -0.25) is 4.98 Å². The molecule has 2 aromatic rings. The van der Waals surface area contributed by atoms with Gasteiger partial charge in [0, 0.05) is 16.7 Å². The number of aromatic nitrogens is 1. The standard InChI is InChI=1S/C12H12N2S/c1-15-10-5-2-4-9(8-10)12-11(13)6-3-7-14-12/h2-8H,13H2,1H3. The number of hydrogen-bond acceptors (Lipinski definition) is 3. The first-order valence-corrected chi connectivity index (χ1v) is 5.88. The van der Waals surface area contributed by atoms with E-state index in [1.807, 2.05) is 24.3 Å². The van der Waals surface area contributed by atoms with Crippen LogP contribution in [0.1, 0.15) is 0 Å². The first kappa shape index (κ1) is 10.1. The zero-order chi connectivity index (χ0) is 10.7. The predicted molar refractivity (Wildman–Crippen MR) is 65.9 cm³/mol.